The van der Waals surface area contributed by atoms with Gasteiger partial charge in [0.05, 0.1) is 0 Å². The maximum absolute atomic E-state index is 12.4. The van der Waals surface area contributed by atoms with Gasteiger partial charge < -0.3 is 10.5 Å². The number of hydrogen-bond donors (Lipinski definition) is 2. The largest absolute Gasteiger partial charge is 0.381 e. The second-order valence-corrected chi connectivity index (χ2v) is 7.53. The van der Waals surface area contributed by atoms with Crippen LogP contribution < -0.4 is 10.5 Å². The van der Waals surface area contributed by atoms with Crippen LogP contribution in [0.15, 0.2) is 0 Å². The normalized spacial score (nSPS) is 26.4. The standard InChI is InChI=1S/C12H25N3O3S/c1-12(4-8-18-9-5-12)14-19(16,17)15-6-2-11(10-13)3-7-15/h11,14H,2-10,13H2,1H3. The van der Waals surface area contributed by atoms with Gasteiger partial charge in [0.1, 0.15) is 0 Å². The number of nitrogens with one attached hydrogen (secondary N) is 1. The molecule has 0 saturated carbocycles. The topological polar surface area (TPSA) is 84.7 Å². The van der Waals surface area contributed by atoms with E-state index in [1.165, 1.54) is 0 Å². The van der Waals surface area contributed by atoms with Crippen LogP contribution in [0.5, 0.6) is 0 Å². The van der Waals surface area contributed by atoms with Crippen molar-refractivity contribution >= 4 is 10.2 Å². The predicted octanol–water partition coefficient (Wildman–Crippen LogP) is 0.0606. The van der Waals surface area contributed by atoms with E-state index in [0.717, 1.165) is 25.7 Å². The smallest absolute Gasteiger partial charge is 0.279 e. The molecule has 2 saturated heterocycles. The Morgan fingerprint density at radius 2 is 1.89 bits per heavy atom. The monoisotopic (exact) mass is 291 g/mol. The summed E-state index contributed by atoms with van der Waals surface area (Å²) in [5.74, 6) is 0.463. The molecule has 0 aromatic rings. The van der Waals surface area contributed by atoms with Gasteiger partial charge in [-0.2, -0.15) is 17.4 Å². The second kappa shape index (κ2) is 6.05. The SMILES string of the molecule is CC1(NS(=O)(=O)N2CCC(CN)CC2)CCOCC1. The number of rotatable bonds is 4. The molecule has 3 N–H and O–H groups in total. The Hall–Kier alpha value is -0.210. The van der Waals surface area contributed by atoms with Gasteiger partial charge in [-0.1, -0.05) is 0 Å². The molecule has 2 aliphatic rings. The van der Waals surface area contributed by atoms with Crippen molar-refractivity contribution in [2.24, 2.45) is 11.7 Å². The van der Waals surface area contributed by atoms with Gasteiger partial charge in [-0.3, -0.25) is 0 Å². The average molecular weight is 291 g/mol. The quantitative estimate of drug-likeness (QED) is 0.767. The van der Waals surface area contributed by atoms with Gasteiger partial charge in [0.25, 0.3) is 10.2 Å². The fraction of sp³-hybridized carbons (Fsp3) is 1.00. The molecule has 0 atom stereocenters. The Labute approximate surface area is 115 Å². The third kappa shape index (κ3) is 3.88. The molecule has 0 amide bonds. The van der Waals surface area contributed by atoms with Gasteiger partial charge in [0, 0.05) is 31.8 Å². The molecule has 0 radical (unpaired) electrons. The van der Waals surface area contributed by atoms with E-state index in [1.54, 1.807) is 4.31 Å². The number of nitrogens with two attached hydrogens (primary N) is 1. The van der Waals surface area contributed by atoms with Gasteiger partial charge in [0.15, 0.2) is 0 Å². The molecule has 2 fully saturated rings. The zero-order valence-corrected chi connectivity index (χ0v) is 12.4. The Morgan fingerprint density at radius 3 is 2.42 bits per heavy atom. The van der Waals surface area contributed by atoms with Crippen LogP contribution >= 0.6 is 0 Å². The number of piperidine rings is 1. The van der Waals surface area contributed by atoms with Crippen molar-refractivity contribution < 1.29 is 13.2 Å². The van der Waals surface area contributed by atoms with E-state index >= 15 is 0 Å². The highest BCUT2D eigenvalue weighted by Crippen LogP contribution is 2.23. The van der Waals surface area contributed by atoms with Crippen molar-refractivity contribution in [3.05, 3.63) is 0 Å². The molecule has 6 nitrogen and oxygen atoms in total. The van der Waals surface area contributed by atoms with Crippen LogP contribution in [-0.4, -0.2) is 51.1 Å². The maximum atomic E-state index is 12.4. The lowest BCUT2D eigenvalue weighted by Gasteiger charge is -2.37. The third-order valence-electron chi connectivity index (χ3n) is 4.22. The van der Waals surface area contributed by atoms with Crippen LogP contribution in [0.2, 0.25) is 0 Å². The summed E-state index contributed by atoms with van der Waals surface area (Å²) in [7, 11) is -3.39. The van der Waals surface area contributed by atoms with Crippen LogP contribution in [0.4, 0.5) is 0 Å². The molecule has 0 aromatic carbocycles. The zero-order chi connectivity index (χ0) is 13.9. The summed E-state index contributed by atoms with van der Waals surface area (Å²) in [6.07, 6.45) is 3.17. The van der Waals surface area contributed by atoms with Crippen LogP contribution in [0, 0.1) is 5.92 Å². The minimum absolute atomic E-state index is 0.373. The highest BCUT2D eigenvalue weighted by atomic mass is 32.2. The Balaban J connectivity index is 1.95. The van der Waals surface area contributed by atoms with Gasteiger partial charge >= 0.3 is 0 Å². The second-order valence-electron chi connectivity index (χ2n) is 5.86. The van der Waals surface area contributed by atoms with Crippen molar-refractivity contribution in [3.63, 3.8) is 0 Å². The summed E-state index contributed by atoms with van der Waals surface area (Å²) in [6, 6.07) is 0. The minimum Gasteiger partial charge on any atom is -0.381 e. The maximum Gasteiger partial charge on any atom is 0.279 e. The first-order valence-corrected chi connectivity index (χ1v) is 8.46. The molecule has 0 aliphatic carbocycles. The highest BCUT2D eigenvalue weighted by molar-refractivity contribution is 7.87. The Kier molecular flexibility index (Phi) is 4.84. The third-order valence-corrected chi connectivity index (χ3v) is 6.01. The van der Waals surface area contributed by atoms with Gasteiger partial charge in [-0.25, -0.2) is 0 Å². The minimum atomic E-state index is -3.39. The number of hydrogen-bond acceptors (Lipinski definition) is 4. The van der Waals surface area contributed by atoms with E-state index in [-0.39, 0.29) is 5.54 Å². The molecule has 0 aromatic heterocycles. The molecular weight excluding hydrogens is 266 g/mol. The first kappa shape index (κ1) is 15.2. The fourth-order valence-electron chi connectivity index (χ4n) is 2.69. The van der Waals surface area contributed by atoms with E-state index in [4.69, 9.17) is 10.5 Å². The molecule has 2 heterocycles. The fourth-order valence-corrected chi connectivity index (χ4v) is 4.33. The summed E-state index contributed by atoms with van der Waals surface area (Å²) in [5.41, 5.74) is 5.26. The molecule has 0 bridgehead atoms. The summed E-state index contributed by atoms with van der Waals surface area (Å²) < 4.78 is 34.5. The van der Waals surface area contributed by atoms with Crippen molar-refractivity contribution in [3.8, 4) is 0 Å². The van der Waals surface area contributed by atoms with Crippen LogP contribution in [0.1, 0.15) is 32.6 Å². The van der Waals surface area contributed by atoms with Crippen molar-refractivity contribution in [1.82, 2.24) is 9.03 Å². The van der Waals surface area contributed by atoms with E-state index in [1.807, 2.05) is 6.92 Å². The van der Waals surface area contributed by atoms with Gasteiger partial charge in [0.2, 0.25) is 0 Å². The van der Waals surface area contributed by atoms with Gasteiger partial charge in [-0.05, 0) is 45.1 Å². The molecule has 0 unspecified atom stereocenters. The van der Waals surface area contributed by atoms with Gasteiger partial charge in [-0.15, -0.1) is 0 Å². The van der Waals surface area contributed by atoms with E-state index < -0.39 is 10.2 Å². The number of nitrogens with zero attached hydrogens (tertiary/aromatic N) is 1. The number of ether oxygens (including phenoxy) is 1. The molecule has 7 heteroatoms. The molecule has 112 valence electrons. The van der Waals surface area contributed by atoms with E-state index in [9.17, 15) is 8.42 Å². The first-order chi connectivity index (χ1) is 8.95. The highest BCUT2D eigenvalue weighted by Gasteiger charge is 2.35. The lowest BCUT2D eigenvalue weighted by Crippen LogP contribution is -2.55. The van der Waals surface area contributed by atoms with E-state index in [0.29, 0.717) is 38.8 Å². The summed E-state index contributed by atoms with van der Waals surface area (Å²) in [6.45, 7) is 4.99. The lowest BCUT2D eigenvalue weighted by atomic mass is 9.94. The summed E-state index contributed by atoms with van der Waals surface area (Å²) >= 11 is 0. The molecule has 2 rings (SSSR count). The molecule has 0 spiro atoms. The molecule has 19 heavy (non-hydrogen) atoms. The zero-order valence-electron chi connectivity index (χ0n) is 11.6. The lowest BCUT2D eigenvalue weighted by molar-refractivity contribution is 0.0529. The van der Waals surface area contributed by atoms with Crippen LogP contribution in [-0.2, 0) is 14.9 Å². The Bertz CT molecular complexity index is 385. The van der Waals surface area contributed by atoms with Crippen LogP contribution in [0.25, 0.3) is 0 Å². The predicted molar refractivity (Wildman–Crippen MR) is 73.9 cm³/mol. The van der Waals surface area contributed by atoms with E-state index in [2.05, 4.69) is 4.72 Å². The van der Waals surface area contributed by atoms with Crippen molar-refractivity contribution in [2.75, 3.05) is 32.8 Å². The van der Waals surface area contributed by atoms with Crippen molar-refractivity contribution in [1.29, 1.82) is 0 Å². The van der Waals surface area contributed by atoms with Crippen LogP contribution in [0.3, 0.4) is 0 Å². The summed E-state index contributed by atoms with van der Waals surface area (Å²) in [5, 5.41) is 0. The average Bonchev–Trinajstić information content (AvgIpc) is 2.38. The molecular formula is C12H25N3O3S. The molecule has 2 aliphatic heterocycles. The van der Waals surface area contributed by atoms with Crippen molar-refractivity contribution in [2.45, 2.75) is 38.1 Å². The Morgan fingerprint density at radius 1 is 1.32 bits per heavy atom. The first-order valence-electron chi connectivity index (χ1n) is 7.02. The summed E-state index contributed by atoms with van der Waals surface area (Å²) in [4.78, 5) is 0.